The fourth-order valence-corrected chi connectivity index (χ4v) is 2.42. The number of nitrogen functional groups attached to an aromatic ring is 1. The first-order valence-electron chi connectivity index (χ1n) is 5.68. The van der Waals surface area contributed by atoms with Crippen LogP contribution in [0.4, 0.5) is 5.69 Å². The lowest BCUT2D eigenvalue weighted by molar-refractivity contribution is 0.591. The summed E-state index contributed by atoms with van der Waals surface area (Å²) in [5, 5.41) is 0.423. The van der Waals surface area contributed by atoms with Crippen molar-refractivity contribution in [2.24, 2.45) is 0 Å². The third-order valence-electron chi connectivity index (χ3n) is 3.21. The van der Waals surface area contributed by atoms with E-state index in [1.54, 1.807) is 0 Å². The fourth-order valence-electron chi connectivity index (χ4n) is 2.32. The van der Waals surface area contributed by atoms with Crippen LogP contribution in [0.2, 0.25) is 5.15 Å². The highest BCUT2D eigenvalue weighted by Gasteiger charge is 2.15. The summed E-state index contributed by atoms with van der Waals surface area (Å²) in [6.45, 7) is 0. The van der Waals surface area contributed by atoms with Gasteiger partial charge in [0.1, 0.15) is 0 Å². The minimum Gasteiger partial charge on any atom is -0.396 e. The molecule has 0 spiro atoms. The second kappa shape index (κ2) is 4.84. The van der Waals surface area contributed by atoms with Gasteiger partial charge in [-0.2, -0.15) is 0 Å². The Bertz CT molecular complexity index is 330. The molecule has 1 saturated carbocycles. The van der Waals surface area contributed by atoms with Crippen LogP contribution in [0.25, 0.3) is 0 Å². The molecular weight excluding hydrogens is 208 g/mol. The van der Waals surface area contributed by atoms with Crippen molar-refractivity contribution >= 4 is 17.3 Å². The highest BCUT2D eigenvalue weighted by Crippen LogP contribution is 2.32. The van der Waals surface area contributed by atoms with Gasteiger partial charge in [-0.1, -0.05) is 37.3 Å². The van der Waals surface area contributed by atoms with E-state index < -0.39 is 0 Å². The second-order valence-electron chi connectivity index (χ2n) is 4.34. The van der Waals surface area contributed by atoms with E-state index >= 15 is 0 Å². The number of hydrogen-bond acceptors (Lipinski definition) is 2. The van der Waals surface area contributed by atoms with Gasteiger partial charge in [-0.15, -0.1) is 0 Å². The van der Waals surface area contributed by atoms with Gasteiger partial charge in [-0.25, -0.2) is 4.98 Å². The number of pyridine rings is 1. The number of rotatable bonds is 1. The van der Waals surface area contributed by atoms with Crippen molar-refractivity contribution < 1.29 is 0 Å². The van der Waals surface area contributed by atoms with Gasteiger partial charge in [0.25, 0.3) is 0 Å². The largest absolute Gasteiger partial charge is 0.396 e. The van der Waals surface area contributed by atoms with E-state index in [9.17, 15) is 0 Å². The Morgan fingerprint density at radius 1 is 1.20 bits per heavy atom. The molecule has 0 bridgehead atoms. The van der Waals surface area contributed by atoms with Crippen LogP contribution in [-0.2, 0) is 0 Å². The Kier molecular flexibility index (Phi) is 3.47. The maximum absolute atomic E-state index is 5.82. The number of hydrogen-bond donors (Lipinski definition) is 1. The van der Waals surface area contributed by atoms with Crippen LogP contribution in [0.1, 0.15) is 50.0 Å². The van der Waals surface area contributed by atoms with Crippen molar-refractivity contribution in [3.8, 4) is 0 Å². The molecule has 1 aromatic rings. The fraction of sp³-hybridized carbons (Fsp3) is 0.583. The van der Waals surface area contributed by atoms with Crippen LogP contribution in [0.15, 0.2) is 12.3 Å². The highest BCUT2D eigenvalue weighted by atomic mass is 35.5. The average molecular weight is 225 g/mol. The normalized spacial score (nSPS) is 18.7. The minimum atomic E-state index is 0.423. The lowest BCUT2D eigenvalue weighted by Gasteiger charge is -2.14. The van der Waals surface area contributed by atoms with Gasteiger partial charge >= 0.3 is 0 Å². The molecule has 1 fully saturated rings. The third kappa shape index (κ3) is 2.63. The van der Waals surface area contributed by atoms with Crippen molar-refractivity contribution in [3.63, 3.8) is 0 Å². The molecule has 0 radical (unpaired) electrons. The minimum absolute atomic E-state index is 0.423. The van der Waals surface area contributed by atoms with Crippen LogP contribution in [0, 0.1) is 0 Å². The Morgan fingerprint density at radius 2 is 1.87 bits per heavy atom. The van der Waals surface area contributed by atoms with E-state index in [0.717, 1.165) is 0 Å². The van der Waals surface area contributed by atoms with Gasteiger partial charge in [0.05, 0.1) is 5.69 Å². The molecule has 0 unspecified atom stereocenters. The molecule has 15 heavy (non-hydrogen) atoms. The molecule has 0 atom stereocenters. The second-order valence-corrected chi connectivity index (χ2v) is 4.70. The van der Waals surface area contributed by atoms with Crippen molar-refractivity contribution in [2.75, 3.05) is 5.73 Å². The molecule has 0 aliphatic heterocycles. The monoisotopic (exact) mass is 224 g/mol. The van der Waals surface area contributed by atoms with Gasteiger partial charge < -0.3 is 5.73 Å². The lowest BCUT2D eigenvalue weighted by Crippen LogP contribution is -2.00. The summed E-state index contributed by atoms with van der Waals surface area (Å²) in [5.74, 6) is 0.638. The van der Waals surface area contributed by atoms with Gasteiger partial charge in [0.2, 0.25) is 0 Å². The Hall–Kier alpha value is -0.760. The molecule has 0 amide bonds. The smallest absolute Gasteiger partial charge is 0.151 e. The molecule has 3 heteroatoms. The van der Waals surface area contributed by atoms with Gasteiger partial charge in [0.15, 0.2) is 5.15 Å². The van der Waals surface area contributed by atoms with Gasteiger partial charge in [0, 0.05) is 6.20 Å². The summed E-state index contributed by atoms with van der Waals surface area (Å²) in [4.78, 5) is 4.12. The molecule has 1 aliphatic rings. The molecule has 0 aromatic carbocycles. The molecule has 1 aliphatic carbocycles. The van der Waals surface area contributed by atoms with Gasteiger partial charge in [-0.05, 0) is 30.4 Å². The summed E-state index contributed by atoms with van der Waals surface area (Å²) in [7, 11) is 0. The third-order valence-corrected chi connectivity index (χ3v) is 3.53. The van der Waals surface area contributed by atoms with Crippen LogP contribution in [0.5, 0.6) is 0 Å². The number of nitrogens with two attached hydrogens (primary N) is 1. The Balaban J connectivity index is 2.16. The molecule has 1 heterocycles. The number of anilines is 1. The summed E-state index contributed by atoms with van der Waals surface area (Å²) in [6.07, 6.45) is 9.81. The topological polar surface area (TPSA) is 38.9 Å². The molecule has 82 valence electrons. The maximum Gasteiger partial charge on any atom is 0.151 e. The quantitative estimate of drug-likeness (QED) is 0.583. The van der Waals surface area contributed by atoms with Crippen molar-refractivity contribution in [1.29, 1.82) is 0 Å². The average Bonchev–Trinajstić information content (AvgIpc) is 2.50. The molecular formula is C12H17ClN2. The van der Waals surface area contributed by atoms with Crippen LogP contribution in [0.3, 0.4) is 0 Å². The first-order chi connectivity index (χ1) is 7.27. The predicted octanol–water partition coefficient (Wildman–Crippen LogP) is 3.76. The predicted molar refractivity (Wildman–Crippen MR) is 64.1 cm³/mol. The van der Waals surface area contributed by atoms with Crippen molar-refractivity contribution in [3.05, 3.63) is 23.0 Å². The maximum atomic E-state index is 5.82. The summed E-state index contributed by atoms with van der Waals surface area (Å²) >= 11 is 5.82. The van der Waals surface area contributed by atoms with E-state index in [4.69, 9.17) is 17.3 Å². The number of nitrogens with zero attached hydrogens (tertiary/aromatic N) is 1. The summed E-state index contributed by atoms with van der Waals surface area (Å²) in [5.41, 5.74) is 7.64. The van der Waals surface area contributed by atoms with Crippen LogP contribution < -0.4 is 5.73 Å². The van der Waals surface area contributed by atoms with E-state index in [1.165, 1.54) is 44.1 Å². The first kappa shape index (κ1) is 10.7. The van der Waals surface area contributed by atoms with E-state index in [0.29, 0.717) is 16.8 Å². The zero-order valence-electron chi connectivity index (χ0n) is 8.88. The summed E-state index contributed by atoms with van der Waals surface area (Å²) < 4.78 is 0. The Labute approximate surface area is 95.8 Å². The number of aromatic nitrogens is 1. The molecule has 1 aromatic heterocycles. The van der Waals surface area contributed by atoms with Crippen LogP contribution >= 0.6 is 11.6 Å². The van der Waals surface area contributed by atoms with Crippen molar-refractivity contribution in [2.45, 2.75) is 44.4 Å². The van der Waals surface area contributed by atoms with Crippen molar-refractivity contribution in [1.82, 2.24) is 4.98 Å². The van der Waals surface area contributed by atoms with E-state index in [1.807, 2.05) is 12.3 Å². The standard InChI is InChI=1S/C12H17ClN2/c13-12-11(14)7-10(8-15-12)9-5-3-1-2-4-6-9/h7-9H,1-6,14H2. The zero-order valence-corrected chi connectivity index (χ0v) is 9.63. The van der Waals surface area contributed by atoms with E-state index in [-0.39, 0.29) is 0 Å². The first-order valence-corrected chi connectivity index (χ1v) is 6.06. The van der Waals surface area contributed by atoms with E-state index in [2.05, 4.69) is 4.98 Å². The van der Waals surface area contributed by atoms with Crippen LogP contribution in [-0.4, -0.2) is 4.98 Å². The highest BCUT2D eigenvalue weighted by molar-refractivity contribution is 6.31. The SMILES string of the molecule is Nc1cc(C2CCCCCC2)cnc1Cl. The number of halogens is 1. The Morgan fingerprint density at radius 3 is 2.47 bits per heavy atom. The zero-order chi connectivity index (χ0) is 10.7. The molecule has 2 rings (SSSR count). The summed E-state index contributed by atoms with van der Waals surface area (Å²) in [6, 6.07) is 1.99. The molecule has 2 nitrogen and oxygen atoms in total. The molecule has 0 saturated heterocycles. The van der Waals surface area contributed by atoms with Gasteiger partial charge in [-0.3, -0.25) is 0 Å². The lowest BCUT2D eigenvalue weighted by atomic mass is 9.93. The molecule has 2 N–H and O–H groups in total.